The number of amides is 1. The molecule has 17 nitrogen and oxygen atoms in total. The third-order valence-corrected chi connectivity index (χ3v) is 17.0. The summed E-state index contributed by atoms with van der Waals surface area (Å²) in [6.07, 6.45) is 9.30. The van der Waals surface area contributed by atoms with Crippen LogP contribution in [-0.2, 0) is 14.8 Å². The molecule has 0 unspecified atom stereocenters. The molecule has 71 heavy (non-hydrogen) atoms. The molecule has 2 aliphatic carbocycles. The second-order valence-corrected chi connectivity index (χ2v) is 22.6. The van der Waals surface area contributed by atoms with Crippen LogP contribution in [-0.4, -0.2) is 103 Å². The van der Waals surface area contributed by atoms with Crippen LogP contribution in [0.1, 0.15) is 119 Å². The number of fused-ring (bicyclic) bond motifs is 2. The first-order valence-corrected chi connectivity index (χ1v) is 26.7. The lowest BCUT2D eigenvalue weighted by molar-refractivity contribution is -0.384. The van der Waals surface area contributed by atoms with E-state index in [2.05, 4.69) is 67.9 Å². The molecular weight excluding hydrogens is 927 g/mol. The van der Waals surface area contributed by atoms with Crippen molar-refractivity contribution in [3.05, 3.63) is 99.7 Å². The molecule has 5 heterocycles. The lowest BCUT2D eigenvalue weighted by Gasteiger charge is -2.57. The monoisotopic (exact) mass is 991 g/mol. The van der Waals surface area contributed by atoms with Gasteiger partial charge in [0.2, 0.25) is 0 Å². The van der Waals surface area contributed by atoms with Gasteiger partial charge < -0.3 is 39.3 Å². The quantitative estimate of drug-likeness (QED) is 0.0604. The second kappa shape index (κ2) is 19.6. The number of nitrogens with zero attached hydrogens (tertiary/aromatic N) is 4. The number of ether oxygens (including phenoxy) is 4. The molecule has 0 bridgehead atoms. The molecule has 3 aliphatic heterocycles. The van der Waals surface area contributed by atoms with Crippen molar-refractivity contribution in [2.24, 2.45) is 11.3 Å². The van der Waals surface area contributed by atoms with Crippen molar-refractivity contribution < 1.29 is 42.2 Å². The Labute approximate surface area is 414 Å². The number of H-pyrrole nitrogens is 1. The number of hydrogen-bond acceptors (Lipinski definition) is 14. The van der Waals surface area contributed by atoms with Crippen LogP contribution in [0, 0.1) is 21.4 Å². The van der Waals surface area contributed by atoms with Gasteiger partial charge in [-0.3, -0.25) is 19.8 Å². The summed E-state index contributed by atoms with van der Waals surface area (Å²) < 4.78 is 55.1. The van der Waals surface area contributed by atoms with E-state index < -0.39 is 37.0 Å². The number of aromatic nitrogens is 2. The number of nitro benzene ring substituents is 1. The minimum Gasteiger partial charge on any atom is -0.489 e. The smallest absolute Gasteiger partial charge is 0.297 e. The lowest BCUT2D eigenvalue weighted by atomic mass is 9.59. The molecule has 0 radical (unpaired) electrons. The molecule has 5 aliphatic rings. The van der Waals surface area contributed by atoms with Gasteiger partial charge >= 0.3 is 0 Å². The SMILES string of the molecule is CCCOc1nc2[nH]ccc2cc1Oc1cc(N2CCC3(CC2)CC(N2CCOC[C@@H]2c2ccccc2C(C)C)C3)ccc1C(=O)NS(=O)(=O)c1cc2c(c([N+](=O)[O-])c1)N[C@@H](C1CCC(C)(O)CC1)CO2. The Balaban J connectivity index is 0.887. The van der Waals surface area contributed by atoms with Gasteiger partial charge in [0.1, 0.15) is 18.0 Å². The molecule has 18 heteroatoms. The largest absolute Gasteiger partial charge is 0.489 e. The first kappa shape index (κ1) is 48.7. The molecule has 378 valence electrons. The Kier molecular flexibility index (Phi) is 13.4. The van der Waals surface area contributed by atoms with Crippen LogP contribution < -0.4 is 29.1 Å². The number of carbonyl (C=O) groups excluding carboxylic acids is 1. The van der Waals surface area contributed by atoms with Crippen LogP contribution in [0.2, 0.25) is 0 Å². The molecule has 10 rings (SSSR count). The number of aromatic amines is 1. The summed E-state index contributed by atoms with van der Waals surface area (Å²) in [5.41, 5.74) is 3.11. The highest BCUT2D eigenvalue weighted by molar-refractivity contribution is 7.90. The van der Waals surface area contributed by atoms with Gasteiger partial charge in [0, 0.05) is 61.1 Å². The summed E-state index contributed by atoms with van der Waals surface area (Å²) in [5.74, 6) is 0.0316. The molecule has 2 saturated heterocycles. The zero-order valence-corrected chi connectivity index (χ0v) is 41.8. The van der Waals surface area contributed by atoms with Gasteiger partial charge in [-0.05, 0) is 117 Å². The van der Waals surface area contributed by atoms with Crippen molar-refractivity contribution in [2.45, 2.75) is 120 Å². The normalized spacial score (nSPS) is 23.6. The fourth-order valence-electron chi connectivity index (χ4n) is 11.6. The third kappa shape index (κ3) is 10.00. The number of nitro groups is 1. The third-order valence-electron chi connectivity index (χ3n) is 15.7. The number of piperidine rings is 1. The highest BCUT2D eigenvalue weighted by atomic mass is 32.2. The standard InChI is InChI=1S/C53H65N7O10S/c1-5-23-68-51-47(25-35-14-19-54-49(35)56-51)70-45-26-36(58-20-17-53(18-21-58)29-37(30-53)59-22-24-67-32-44(59)40-9-7-6-8-39(40)33(2)3)10-11-41(45)50(61)57-71(65,66)38-27-43(60(63)64)48-46(28-38)69-31-42(55-48)34-12-15-52(4,62)16-13-34/h6-11,14,19,25-28,33-34,37,42,44,55,62H,5,12-13,15-18,20-24,29-32H2,1-4H3,(H,54,56)(H,57,61)/t34?,42-,44-,52?/m1/s1. The number of sulfonamides is 1. The van der Waals surface area contributed by atoms with E-state index in [1.807, 2.05) is 13.0 Å². The van der Waals surface area contributed by atoms with Crippen LogP contribution in [0.15, 0.2) is 77.8 Å². The highest BCUT2D eigenvalue weighted by Gasteiger charge is 2.50. The molecule has 4 fully saturated rings. The Morgan fingerprint density at radius 1 is 1.01 bits per heavy atom. The van der Waals surface area contributed by atoms with Crippen molar-refractivity contribution in [3.63, 3.8) is 0 Å². The van der Waals surface area contributed by atoms with Crippen LogP contribution >= 0.6 is 0 Å². The van der Waals surface area contributed by atoms with E-state index in [-0.39, 0.29) is 64.4 Å². The van der Waals surface area contributed by atoms with Gasteiger partial charge in [0.15, 0.2) is 17.2 Å². The molecule has 3 aromatic carbocycles. The predicted molar refractivity (Wildman–Crippen MR) is 269 cm³/mol. The number of aliphatic hydroxyl groups is 1. The van der Waals surface area contributed by atoms with Crippen molar-refractivity contribution in [1.29, 1.82) is 0 Å². The molecule has 5 aromatic rings. The molecule has 1 spiro atoms. The molecule has 4 N–H and O–H groups in total. The van der Waals surface area contributed by atoms with E-state index in [0.717, 1.165) is 69.1 Å². The maximum absolute atomic E-state index is 14.3. The Bertz CT molecular complexity index is 2900. The van der Waals surface area contributed by atoms with E-state index in [1.54, 1.807) is 37.4 Å². The fourth-order valence-corrected chi connectivity index (χ4v) is 12.6. The van der Waals surface area contributed by atoms with Gasteiger partial charge in [0.25, 0.3) is 27.5 Å². The van der Waals surface area contributed by atoms with Gasteiger partial charge in [-0.15, -0.1) is 0 Å². The number of rotatable bonds is 14. The van der Waals surface area contributed by atoms with E-state index in [9.17, 15) is 28.4 Å². The van der Waals surface area contributed by atoms with Gasteiger partial charge in [0.05, 0.1) is 52.9 Å². The van der Waals surface area contributed by atoms with Crippen LogP contribution in [0.25, 0.3) is 11.0 Å². The highest BCUT2D eigenvalue weighted by Crippen LogP contribution is 2.53. The van der Waals surface area contributed by atoms with E-state index in [1.165, 1.54) is 17.2 Å². The van der Waals surface area contributed by atoms with Crippen molar-refractivity contribution in [3.8, 4) is 23.1 Å². The van der Waals surface area contributed by atoms with Crippen molar-refractivity contribution in [2.75, 3.05) is 56.3 Å². The summed E-state index contributed by atoms with van der Waals surface area (Å²) in [6.45, 7) is 12.7. The lowest BCUT2D eigenvalue weighted by Crippen LogP contribution is -2.58. The predicted octanol–water partition coefficient (Wildman–Crippen LogP) is 9.23. The number of morpholine rings is 1. The molecular formula is C53H65N7O10S. The maximum Gasteiger partial charge on any atom is 0.297 e. The number of anilines is 2. The number of nitrogens with one attached hydrogen (secondary N) is 3. The van der Waals surface area contributed by atoms with Gasteiger partial charge in [-0.25, -0.2) is 13.1 Å². The molecule has 2 saturated carbocycles. The number of benzene rings is 3. The maximum atomic E-state index is 14.3. The summed E-state index contributed by atoms with van der Waals surface area (Å²) >= 11 is 0. The van der Waals surface area contributed by atoms with Gasteiger partial charge in [-0.2, -0.15) is 4.98 Å². The Morgan fingerprint density at radius 2 is 1.79 bits per heavy atom. The zero-order chi connectivity index (χ0) is 49.7. The van der Waals surface area contributed by atoms with Crippen LogP contribution in [0.4, 0.5) is 17.1 Å². The van der Waals surface area contributed by atoms with E-state index >= 15 is 0 Å². The second-order valence-electron chi connectivity index (χ2n) is 20.9. The average molecular weight is 992 g/mol. The van der Waals surface area contributed by atoms with Crippen LogP contribution in [0.5, 0.6) is 23.1 Å². The van der Waals surface area contributed by atoms with Crippen LogP contribution in [0.3, 0.4) is 0 Å². The fraction of sp³-hybridized carbons (Fsp3) is 0.509. The minimum absolute atomic E-state index is 0.00912. The van der Waals surface area contributed by atoms with E-state index in [0.29, 0.717) is 62.9 Å². The summed E-state index contributed by atoms with van der Waals surface area (Å²) in [4.78, 5) is 38.4. The minimum atomic E-state index is -4.71. The number of carbonyl (C=O) groups is 1. The van der Waals surface area contributed by atoms with E-state index in [4.69, 9.17) is 18.9 Å². The number of hydrogen-bond donors (Lipinski definition) is 4. The molecule has 2 aromatic heterocycles. The summed E-state index contributed by atoms with van der Waals surface area (Å²) in [7, 11) is -4.71. The summed E-state index contributed by atoms with van der Waals surface area (Å²) in [6, 6.07) is 20.1. The zero-order valence-electron chi connectivity index (χ0n) is 40.9. The number of pyridine rings is 1. The van der Waals surface area contributed by atoms with Crippen molar-refractivity contribution in [1.82, 2.24) is 19.6 Å². The Hall–Kier alpha value is -5.95. The first-order valence-electron chi connectivity index (χ1n) is 25.2. The summed E-state index contributed by atoms with van der Waals surface area (Å²) in [5, 5.41) is 26.9. The topological polar surface area (TPSA) is 211 Å². The molecule has 1 amide bonds. The van der Waals surface area contributed by atoms with Gasteiger partial charge in [-0.1, -0.05) is 45.0 Å². The van der Waals surface area contributed by atoms with Crippen molar-refractivity contribution >= 4 is 44.0 Å². The Morgan fingerprint density at radius 3 is 2.54 bits per heavy atom. The first-order chi connectivity index (χ1) is 34.1. The average Bonchev–Trinajstić information content (AvgIpc) is 3.81. The molecule has 2 atom stereocenters.